The lowest BCUT2D eigenvalue weighted by Gasteiger charge is -2.29. The van der Waals surface area contributed by atoms with Crippen molar-refractivity contribution in [3.63, 3.8) is 0 Å². The summed E-state index contributed by atoms with van der Waals surface area (Å²) < 4.78 is 77.2. The van der Waals surface area contributed by atoms with Crippen LogP contribution in [-0.2, 0) is 6.18 Å². The van der Waals surface area contributed by atoms with Gasteiger partial charge in [0.2, 0.25) is 5.56 Å². The molecule has 0 bridgehead atoms. The Balaban J connectivity index is 2.46. The van der Waals surface area contributed by atoms with Crippen molar-refractivity contribution in [2.45, 2.75) is 32.2 Å². The van der Waals surface area contributed by atoms with Gasteiger partial charge in [-0.05, 0) is 32.0 Å². The van der Waals surface area contributed by atoms with E-state index in [0.717, 1.165) is 11.1 Å². The number of benzene rings is 1. The average molecular weight is 367 g/mol. The molecule has 138 valence electrons. The van der Waals surface area contributed by atoms with Crippen LogP contribution < -0.4 is 11.0 Å². The summed E-state index contributed by atoms with van der Waals surface area (Å²) in [6.07, 6.45) is -9.24. The molecular formula is C15H15F6N3O. The summed E-state index contributed by atoms with van der Waals surface area (Å²) in [5.74, 6) is 0. The average Bonchev–Trinajstić information content (AvgIpc) is 2.43. The van der Waals surface area contributed by atoms with Crippen LogP contribution in [0, 0.1) is 0 Å². The fourth-order valence-electron chi connectivity index (χ4n) is 2.27. The van der Waals surface area contributed by atoms with Gasteiger partial charge in [-0.2, -0.15) is 26.3 Å². The third-order valence-electron chi connectivity index (χ3n) is 3.39. The Hall–Kier alpha value is -2.23. The largest absolute Gasteiger partial charge is 0.417 e. The minimum absolute atomic E-state index is 0.0444. The summed E-state index contributed by atoms with van der Waals surface area (Å²) in [5, 5.41) is 0.549. The Morgan fingerprint density at radius 1 is 1.12 bits per heavy atom. The fraction of sp³-hybridized carbons (Fsp3) is 0.400. The van der Waals surface area contributed by atoms with Gasteiger partial charge < -0.3 is 10.4 Å². The van der Waals surface area contributed by atoms with Gasteiger partial charge in [0.05, 0.1) is 5.56 Å². The van der Waals surface area contributed by atoms with Gasteiger partial charge in [-0.3, -0.25) is 4.79 Å². The molecule has 0 spiro atoms. The minimum atomic E-state index is -4.77. The van der Waals surface area contributed by atoms with Crippen LogP contribution in [0.3, 0.4) is 0 Å². The van der Waals surface area contributed by atoms with Gasteiger partial charge in [-0.1, -0.05) is 0 Å². The Labute approximate surface area is 138 Å². The van der Waals surface area contributed by atoms with Gasteiger partial charge in [0.1, 0.15) is 6.54 Å². The molecule has 0 aliphatic carbocycles. The van der Waals surface area contributed by atoms with Crippen LogP contribution >= 0.6 is 0 Å². The number of hydrazine groups is 1. The molecule has 2 rings (SSSR count). The van der Waals surface area contributed by atoms with Gasteiger partial charge >= 0.3 is 12.4 Å². The second-order valence-corrected chi connectivity index (χ2v) is 5.75. The number of halogens is 6. The maximum absolute atomic E-state index is 13.1. The van der Waals surface area contributed by atoms with Crippen molar-refractivity contribution in [3.8, 4) is 0 Å². The van der Waals surface area contributed by atoms with E-state index in [2.05, 4.69) is 10.4 Å². The highest BCUT2D eigenvalue weighted by Crippen LogP contribution is 2.34. The van der Waals surface area contributed by atoms with Crippen LogP contribution in [0.1, 0.15) is 19.4 Å². The normalized spacial score (nSPS) is 13.0. The Bertz CT molecular complexity index is 809. The highest BCUT2D eigenvalue weighted by atomic mass is 19.4. The topological polar surface area (TPSA) is 48.1 Å². The molecule has 2 N–H and O–H groups in total. The molecule has 10 heteroatoms. The number of nitrogens with one attached hydrogen (secondary N) is 2. The molecule has 0 unspecified atom stereocenters. The smallest absolute Gasteiger partial charge is 0.322 e. The molecule has 0 amide bonds. The molecule has 0 saturated carbocycles. The number of alkyl halides is 6. The number of nitrogens with zero attached hydrogens (tertiary/aromatic N) is 1. The SMILES string of the molecule is CC(C)N(CC(F)(F)F)Nc1ccc2[nH]c(=O)cc(C(F)(F)F)c2c1. The number of H-pyrrole nitrogens is 1. The third kappa shape index (κ3) is 4.88. The van der Waals surface area contributed by atoms with Crippen molar-refractivity contribution < 1.29 is 26.3 Å². The van der Waals surface area contributed by atoms with Gasteiger partial charge in [-0.15, -0.1) is 0 Å². The van der Waals surface area contributed by atoms with Crippen molar-refractivity contribution >= 4 is 16.6 Å². The van der Waals surface area contributed by atoms with Gasteiger partial charge in [0.25, 0.3) is 0 Å². The van der Waals surface area contributed by atoms with Crippen LogP contribution in [0.15, 0.2) is 29.1 Å². The molecule has 2 aromatic rings. The fourth-order valence-corrected chi connectivity index (χ4v) is 2.27. The molecule has 0 radical (unpaired) electrons. The molecule has 1 aromatic carbocycles. The summed E-state index contributed by atoms with van der Waals surface area (Å²) >= 11 is 0. The summed E-state index contributed by atoms with van der Waals surface area (Å²) in [6, 6.07) is 3.42. The van der Waals surface area contributed by atoms with E-state index < -0.39 is 36.1 Å². The number of anilines is 1. The molecule has 1 aromatic heterocycles. The van der Waals surface area contributed by atoms with Crippen LogP contribution in [0.25, 0.3) is 10.9 Å². The summed E-state index contributed by atoms with van der Waals surface area (Å²) in [7, 11) is 0. The molecule has 4 nitrogen and oxygen atoms in total. The lowest BCUT2D eigenvalue weighted by Crippen LogP contribution is -2.42. The lowest BCUT2D eigenvalue weighted by molar-refractivity contribution is -0.146. The molecule has 25 heavy (non-hydrogen) atoms. The van der Waals surface area contributed by atoms with Crippen molar-refractivity contribution in [1.82, 2.24) is 9.99 Å². The first kappa shape index (κ1) is 19.1. The number of hydrogen-bond donors (Lipinski definition) is 2. The van der Waals surface area contributed by atoms with Crippen LogP contribution in [0.4, 0.5) is 32.0 Å². The maximum Gasteiger partial charge on any atom is 0.417 e. The van der Waals surface area contributed by atoms with Crippen molar-refractivity contribution in [2.24, 2.45) is 0 Å². The zero-order chi connectivity index (χ0) is 19.0. The third-order valence-corrected chi connectivity index (χ3v) is 3.39. The van der Waals surface area contributed by atoms with E-state index in [1.807, 2.05) is 0 Å². The number of aromatic amines is 1. The molecule has 0 aliphatic rings. The quantitative estimate of drug-likeness (QED) is 0.631. The Kier molecular flexibility index (Phi) is 5.03. The van der Waals surface area contributed by atoms with Crippen molar-refractivity contribution in [1.29, 1.82) is 0 Å². The van der Waals surface area contributed by atoms with E-state index in [1.165, 1.54) is 26.0 Å². The first-order valence-corrected chi connectivity index (χ1v) is 7.21. The van der Waals surface area contributed by atoms with E-state index in [9.17, 15) is 31.1 Å². The van der Waals surface area contributed by atoms with Crippen LogP contribution in [0.2, 0.25) is 0 Å². The molecule has 0 fully saturated rings. The first-order chi connectivity index (χ1) is 11.4. The number of pyridine rings is 1. The van der Waals surface area contributed by atoms with E-state index >= 15 is 0 Å². The number of rotatable bonds is 4. The van der Waals surface area contributed by atoms with Gasteiger partial charge in [-0.25, -0.2) is 5.01 Å². The zero-order valence-electron chi connectivity index (χ0n) is 13.2. The lowest BCUT2D eigenvalue weighted by atomic mass is 10.1. The van der Waals surface area contributed by atoms with Crippen LogP contribution in [-0.4, -0.2) is 28.8 Å². The molecule has 0 atom stereocenters. The number of fused-ring (bicyclic) bond motifs is 1. The highest BCUT2D eigenvalue weighted by Gasteiger charge is 2.34. The standard InChI is InChI=1S/C15H15F6N3O/c1-8(2)24(7-14(16,17)18)23-9-3-4-12-10(5-9)11(15(19,20)21)6-13(25)22-12/h3-6,8,23H,7H2,1-2H3,(H,22,25). The summed E-state index contributed by atoms with van der Waals surface area (Å²) in [6.45, 7) is 1.75. The predicted octanol–water partition coefficient (Wildman–Crippen LogP) is 4.15. The van der Waals surface area contributed by atoms with Gasteiger partial charge in [0, 0.05) is 28.7 Å². The van der Waals surface area contributed by atoms with Gasteiger partial charge in [0.15, 0.2) is 0 Å². The van der Waals surface area contributed by atoms with Crippen LogP contribution in [0.5, 0.6) is 0 Å². The van der Waals surface area contributed by atoms with Crippen molar-refractivity contribution in [2.75, 3.05) is 12.0 Å². The van der Waals surface area contributed by atoms with E-state index in [1.54, 1.807) is 0 Å². The molecular weight excluding hydrogens is 352 g/mol. The van der Waals surface area contributed by atoms with Crippen molar-refractivity contribution in [3.05, 3.63) is 40.2 Å². The predicted molar refractivity (Wildman–Crippen MR) is 81.1 cm³/mol. The van der Waals surface area contributed by atoms with E-state index in [0.29, 0.717) is 6.07 Å². The Morgan fingerprint density at radius 2 is 1.76 bits per heavy atom. The zero-order valence-corrected chi connectivity index (χ0v) is 13.2. The van der Waals surface area contributed by atoms with E-state index in [4.69, 9.17) is 0 Å². The monoisotopic (exact) mass is 367 g/mol. The Morgan fingerprint density at radius 3 is 2.28 bits per heavy atom. The second kappa shape index (κ2) is 6.58. The number of aromatic nitrogens is 1. The molecule has 0 saturated heterocycles. The second-order valence-electron chi connectivity index (χ2n) is 5.75. The number of hydrogen-bond acceptors (Lipinski definition) is 3. The summed E-state index contributed by atoms with van der Waals surface area (Å²) in [5.41, 5.74) is 0.394. The summed E-state index contributed by atoms with van der Waals surface area (Å²) in [4.78, 5) is 13.6. The highest BCUT2D eigenvalue weighted by molar-refractivity contribution is 5.85. The van der Waals surface area contributed by atoms with E-state index in [-0.39, 0.29) is 16.6 Å². The first-order valence-electron chi connectivity index (χ1n) is 7.21. The molecule has 1 heterocycles. The minimum Gasteiger partial charge on any atom is -0.322 e. The molecule has 0 aliphatic heterocycles. The maximum atomic E-state index is 13.1.